The Hall–Kier alpha value is -1.79. The van der Waals surface area contributed by atoms with Crippen molar-refractivity contribution in [3.63, 3.8) is 0 Å². The van der Waals surface area contributed by atoms with Crippen molar-refractivity contribution in [3.05, 3.63) is 43.9 Å². The fraction of sp³-hybridized carbons (Fsp3) is 0.182. The van der Waals surface area contributed by atoms with E-state index in [1.807, 2.05) is 0 Å². The van der Waals surface area contributed by atoms with Crippen molar-refractivity contribution >= 4 is 40.6 Å². The molecular formula is C11H9Cl2NO5. The summed E-state index contributed by atoms with van der Waals surface area (Å²) in [6, 6.07) is 2.10. The topological polar surface area (TPSA) is 89.7 Å². The van der Waals surface area contributed by atoms with Gasteiger partial charge in [0.2, 0.25) is 0 Å². The zero-order valence-electron chi connectivity index (χ0n) is 9.72. The summed E-state index contributed by atoms with van der Waals surface area (Å²) < 4.78 is 4.60. The highest BCUT2D eigenvalue weighted by molar-refractivity contribution is 6.37. The first-order valence-electron chi connectivity index (χ1n) is 5.08. The molecule has 0 radical (unpaired) electrons. The van der Waals surface area contributed by atoms with Crippen molar-refractivity contribution in [2.45, 2.75) is 6.92 Å². The van der Waals surface area contributed by atoms with Gasteiger partial charge in [-0.1, -0.05) is 23.2 Å². The van der Waals surface area contributed by atoms with E-state index in [0.29, 0.717) is 0 Å². The molecule has 0 saturated heterocycles. The second-order valence-electron chi connectivity index (χ2n) is 3.32. The van der Waals surface area contributed by atoms with E-state index in [0.717, 1.165) is 18.2 Å². The maximum Gasteiger partial charge on any atom is 0.334 e. The third-order valence-corrected chi connectivity index (χ3v) is 2.67. The number of benzene rings is 1. The second-order valence-corrected chi connectivity index (χ2v) is 4.14. The van der Waals surface area contributed by atoms with Crippen molar-refractivity contribution in [2.75, 3.05) is 6.61 Å². The van der Waals surface area contributed by atoms with Gasteiger partial charge in [-0.15, -0.1) is 0 Å². The van der Waals surface area contributed by atoms with Crippen LogP contribution in [0.5, 0.6) is 0 Å². The molecule has 1 N–H and O–H groups in total. The van der Waals surface area contributed by atoms with Crippen LogP contribution in [0.15, 0.2) is 18.2 Å². The van der Waals surface area contributed by atoms with Gasteiger partial charge in [0.25, 0.3) is 5.69 Å². The first kappa shape index (κ1) is 15.3. The molecule has 0 aliphatic carbocycles. The minimum Gasteiger partial charge on any atom is -0.507 e. The number of nitrogens with zero attached hydrogens (tertiary/aromatic N) is 1. The van der Waals surface area contributed by atoms with E-state index in [1.54, 1.807) is 6.92 Å². The SMILES string of the molecule is CCOC(=O)C=C(O)c1cc([N+](=O)[O-])c(Cl)cc1Cl. The zero-order chi connectivity index (χ0) is 14.6. The summed E-state index contributed by atoms with van der Waals surface area (Å²) >= 11 is 11.4. The summed E-state index contributed by atoms with van der Waals surface area (Å²) in [5.41, 5.74) is -0.504. The van der Waals surface area contributed by atoms with Crippen molar-refractivity contribution in [2.24, 2.45) is 0 Å². The molecule has 0 spiro atoms. The minimum absolute atomic E-state index is 0.0198. The first-order valence-corrected chi connectivity index (χ1v) is 5.83. The van der Waals surface area contributed by atoms with Gasteiger partial charge in [-0.2, -0.15) is 0 Å². The second kappa shape index (κ2) is 6.40. The smallest absolute Gasteiger partial charge is 0.334 e. The molecule has 0 saturated carbocycles. The molecule has 19 heavy (non-hydrogen) atoms. The average Bonchev–Trinajstić information content (AvgIpc) is 2.28. The van der Waals surface area contributed by atoms with E-state index in [4.69, 9.17) is 23.2 Å². The van der Waals surface area contributed by atoms with E-state index in [-0.39, 0.29) is 22.2 Å². The van der Waals surface area contributed by atoms with Gasteiger partial charge in [-0.25, -0.2) is 4.79 Å². The van der Waals surface area contributed by atoms with Gasteiger partial charge in [0, 0.05) is 11.6 Å². The van der Waals surface area contributed by atoms with E-state index < -0.39 is 22.3 Å². The molecule has 0 heterocycles. The molecule has 0 bridgehead atoms. The Balaban J connectivity index is 3.23. The molecule has 0 aliphatic rings. The number of ether oxygens (including phenoxy) is 1. The van der Waals surface area contributed by atoms with Gasteiger partial charge in [0.05, 0.1) is 22.6 Å². The lowest BCUT2D eigenvalue weighted by Gasteiger charge is -2.05. The van der Waals surface area contributed by atoms with E-state index >= 15 is 0 Å². The number of carbonyl (C=O) groups is 1. The molecule has 0 amide bonds. The number of hydrogen-bond acceptors (Lipinski definition) is 5. The molecule has 1 rings (SSSR count). The van der Waals surface area contributed by atoms with Crippen LogP contribution < -0.4 is 0 Å². The van der Waals surface area contributed by atoms with Gasteiger partial charge in [0.1, 0.15) is 10.8 Å². The molecule has 0 aliphatic heterocycles. The number of nitro benzene ring substituents is 1. The first-order chi connectivity index (χ1) is 8.86. The third kappa shape index (κ3) is 3.84. The maximum absolute atomic E-state index is 11.2. The molecule has 1 aromatic rings. The Kier molecular flexibility index (Phi) is 5.14. The number of nitro groups is 1. The van der Waals surface area contributed by atoms with E-state index in [1.165, 1.54) is 0 Å². The molecule has 6 nitrogen and oxygen atoms in total. The van der Waals surface area contributed by atoms with Crippen LogP contribution in [0.25, 0.3) is 5.76 Å². The van der Waals surface area contributed by atoms with Crippen molar-refractivity contribution in [3.8, 4) is 0 Å². The third-order valence-electron chi connectivity index (χ3n) is 2.05. The van der Waals surface area contributed by atoms with Gasteiger partial charge < -0.3 is 9.84 Å². The van der Waals surface area contributed by atoms with Crippen LogP contribution in [-0.2, 0) is 9.53 Å². The molecule has 0 atom stereocenters. The quantitative estimate of drug-likeness (QED) is 0.303. The number of carbonyl (C=O) groups excluding carboxylic acids is 1. The summed E-state index contributed by atoms with van der Waals surface area (Å²) in [6.07, 6.45) is 0.780. The normalized spacial score (nSPS) is 11.2. The summed E-state index contributed by atoms with van der Waals surface area (Å²) in [6.45, 7) is 1.74. The minimum atomic E-state index is -0.784. The van der Waals surface area contributed by atoms with Gasteiger partial charge in [-0.3, -0.25) is 10.1 Å². The summed E-state index contributed by atoms with van der Waals surface area (Å²) in [5.74, 6) is -1.32. The highest BCUT2D eigenvalue weighted by Crippen LogP contribution is 2.33. The number of aliphatic hydroxyl groups is 1. The van der Waals surface area contributed by atoms with Crippen LogP contribution in [0.4, 0.5) is 5.69 Å². The van der Waals surface area contributed by atoms with Gasteiger partial charge >= 0.3 is 5.97 Å². The Morgan fingerprint density at radius 2 is 2.11 bits per heavy atom. The monoisotopic (exact) mass is 305 g/mol. The number of hydrogen-bond donors (Lipinski definition) is 1. The molecule has 0 aromatic heterocycles. The Morgan fingerprint density at radius 3 is 2.63 bits per heavy atom. The Bertz CT molecular complexity index is 556. The summed E-state index contributed by atoms with van der Waals surface area (Å²) in [7, 11) is 0. The molecule has 1 aromatic carbocycles. The van der Waals surface area contributed by atoms with Crippen molar-refractivity contribution in [1.82, 2.24) is 0 Å². The van der Waals surface area contributed by atoms with Gasteiger partial charge in [-0.05, 0) is 13.0 Å². The molecule has 0 unspecified atom stereocenters. The number of aliphatic hydroxyl groups excluding tert-OH is 1. The largest absolute Gasteiger partial charge is 0.507 e. The number of rotatable bonds is 4. The van der Waals surface area contributed by atoms with Crippen molar-refractivity contribution in [1.29, 1.82) is 0 Å². The van der Waals surface area contributed by atoms with Crippen LogP contribution >= 0.6 is 23.2 Å². The molecule has 0 fully saturated rings. The predicted octanol–water partition coefficient (Wildman–Crippen LogP) is 3.36. The summed E-state index contributed by atoms with van der Waals surface area (Å²) in [4.78, 5) is 21.2. The standard InChI is InChI=1S/C11H9Cl2NO5/c1-2-19-11(16)5-10(15)6-3-9(14(17)18)8(13)4-7(6)12/h3-5,15H,2H2,1H3. The Labute approximate surface area is 118 Å². The highest BCUT2D eigenvalue weighted by Gasteiger charge is 2.18. The lowest BCUT2D eigenvalue weighted by atomic mass is 10.1. The maximum atomic E-state index is 11.2. The average molecular weight is 306 g/mol. The fourth-order valence-electron chi connectivity index (χ4n) is 1.25. The van der Waals surface area contributed by atoms with E-state index in [2.05, 4.69) is 4.74 Å². The van der Waals surface area contributed by atoms with Crippen LogP contribution in [0.3, 0.4) is 0 Å². The van der Waals surface area contributed by atoms with Crippen molar-refractivity contribution < 1.29 is 19.6 Å². The van der Waals surface area contributed by atoms with Gasteiger partial charge in [0.15, 0.2) is 0 Å². The lowest BCUT2D eigenvalue weighted by Crippen LogP contribution is -2.01. The van der Waals surface area contributed by atoms with Crippen LogP contribution in [-0.4, -0.2) is 22.6 Å². The molecule has 8 heteroatoms. The van der Waals surface area contributed by atoms with Crippen LogP contribution in [0.1, 0.15) is 12.5 Å². The number of halogens is 2. The highest BCUT2D eigenvalue weighted by atomic mass is 35.5. The van der Waals surface area contributed by atoms with E-state index in [9.17, 15) is 20.0 Å². The molecule has 102 valence electrons. The Morgan fingerprint density at radius 1 is 1.47 bits per heavy atom. The van der Waals surface area contributed by atoms with Crippen LogP contribution in [0, 0.1) is 10.1 Å². The summed E-state index contributed by atoms with van der Waals surface area (Å²) in [5, 5.41) is 20.2. The van der Waals surface area contributed by atoms with Crippen LogP contribution in [0.2, 0.25) is 10.0 Å². The zero-order valence-corrected chi connectivity index (χ0v) is 11.2. The lowest BCUT2D eigenvalue weighted by molar-refractivity contribution is -0.384. The number of esters is 1. The fourth-order valence-corrected chi connectivity index (χ4v) is 1.80. The predicted molar refractivity (Wildman–Crippen MR) is 70.4 cm³/mol. The molecular weight excluding hydrogens is 297 g/mol.